The molecule has 11 nitrogen and oxygen atoms in total. The molecule has 1 unspecified atom stereocenters. The number of aliphatic hydroxyl groups is 2. The fraction of sp³-hybridized carbons (Fsp3) is 0.667. The summed E-state index contributed by atoms with van der Waals surface area (Å²) >= 11 is 0. The van der Waals surface area contributed by atoms with Gasteiger partial charge >= 0.3 is 20.9 Å². The first kappa shape index (κ1) is 44.5. The molecule has 2 aromatic rings. The van der Waals surface area contributed by atoms with E-state index in [2.05, 4.69) is 24.3 Å². The van der Waals surface area contributed by atoms with Gasteiger partial charge in [0.15, 0.2) is 0 Å². The summed E-state index contributed by atoms with van der Waals surface area (Å²) in [6.07, 6.45) is 2.91. The van der Waals surface area contributed by atoms with E-state index < -0.39 is 50.5 Å². The maximum Gasteiger partial charge on any atom is 0.472 e. The van der Waals surface area contributed by atoms with Crippen LogP contribution in [0.15, 0.2) is 48.5 Å². The number of aliphatic hydroxyl groups excluding tert-OH is 2. The zero-order chi connectivity index (χ0) is 38.1. The number of carbonyl (C=O) groups is 1. The number of hydrogen-bond donors (Lipinski definition) is 2. The highest BCUT2D eigenvalue weighted by molar-refractivity contribution is 7.17. The van der Waals surface area contributed by atoms with E-state index in [0.717, 1.165) is 51.6 Å². The Labute approximate surface area is 307 Å². The Morgan fingerprint density at radius 2 is 1.41 bits per heavy atom. The van der Waals surface area contributed by atoms with Gasteiger partial charge in [0.05, 0.1) is 30.5 Å². The molecule has 0 radical (unpaired) electrons. The van der Waals surface area contributed by atoms with Crippen LogP contribution in [0, 0.1) is 0 Å². The van der Waals surface area contributed by atoms with E-state index in [-0.39, 0.29) is 12.3 Å². The van der Waals surface area contributed by atoms with E-state index in [0.29, 0.717) is 24.3 Å². The van der Waals surface area contributed by atoms with Gasteiger partial charge in [0, 0.05) is 25.3 Å². The summed E-state index contributed by atoms with van der Waals surface area (Å²) in [4.78, 5) is 14.7. The van der Waals surface area contributed by atoms with Crippen LogP contribution in [0.1, 0.15) is 124 Å². The standard InChI is InChI=1S/C39H62NO10P/c1-36(2,3)47-35(43)40(24-16-10-11-17-25-45-26-18-15-21-30-19-13-12-14-20-30)28-33(42)31-22-23-34(32(27-31)29-41)46-39(50-51-44,48-37(4,5)6)49-38(7,8)9/h12-14,19-20,22-23,27,33,41-42H,10-11,15-18,21,24-26,28-29H2,1-9H3. The SMILES string of the molecule is CC(C)(C)OC(=O)N(CCCCCCOCCCCc1ccccc1)CC(O)c1ccc(OC(OP=O)(OC(C)(C)C)OC(C)(C)C)c(CO)c1. The smallest absolute Gasteiger partial charge is 0.444 e. The normalized spacial score (nSPS) is 13.3. The van der Waals surface area contributed by atoms with Crippen molar-refractivity contribution in [2.75, 3.05) is 26.3 Å². The molecule has 2 aromatic carbocycles. The third-order valence-corrected chi connectivity index (χ3v) is 7.54. The number of benzene rings is 2. The number of nitrogens with zero attached hydrogens (tertiary/aromatic N) is 1. The van der Waals surface area contributed by atoms with Crippen molar-refractivity contribution < 1.29 is 47.8 Å². The Bertz CT molecular complexity index is 1290. The molecule has 0 spiro atoms. The number of unbranched alkanes of at least 4 members (excludes halogenated alkanes) is 4. The van der Waals surface area contributed by atoms with E-state index >= 15 is 0 Å². The quantitative estimate of drug-likeness (QED) is 0.0686. The number of ether oxygens (including phenoxy) is 5. The first-order valence-corrected chi connectivity index (χ1v) is 18.7. The summed E-state index contributed by atoms with van der Waals surface area (Å²) in [5.41, 5.74) is -0.293. The van der Waals surface area contributed by atoms with Gasteiger partial charge in [-0.15, -0.1) is 0 Å². The van der Waals surface area contributed by atoms with Crippen molar-refractivity contribution in [3.05, 3.63) is 65.2 Å². The van der Waals surface area contributed by atoms with Gasteiger partial charge in [-0.05, 0) is 118 Å². The second-order valence-electron chi connectivity index (χ2n) is 15.6. The van der Waals surface area contributed by atoms with Gasteiger partial charge in [0.1, 0.15) is 11.4 Å². The molecular formula is C39H62NO10P. The Balaban J connectivity index is 2.01. The molecule has 0 fully saturated rings. The maximum atomic E-state index is 13.2. The number of rotatable bonds is 22. The number of carbonyl (C=O) groups excluding carboxylic acids is 1. The van der Waals surface area contributed by atoms with E-state index in [1.807, 2.05) is 6.07 Å². The third kappa shape index (κ3) is 18.6. The minimum absolute atomic E-state index is 0.0194. The summed E-state index contributed by atoms with van der Waals surface area (Å²) in [5, 5.41) is 21.6. The molecule has 0 aliphatic heterocycles. The molecule has 2 N–H and O–H groups in total. The van der Waals surface area contributed by atoms with Crippen molar-refractivity contribution in [1.29, 1.82) is 0 Å². The van der Waals surface area contributed by atoms with Crippen molar-refractivity contribution in [2.45, 2.75) is 143 Å². The number of hydrogen-bond acceptors (Lipinski definition) is 10. The number of aryl methyl sites for hydroxylation is 1. The van der Waals surface area contributed by atoms with Gasteiger partial charge < -0.3 is 29.3 Å². The Morgan fingerprint density at radius 1 is 0.804 bits per heavy atom. The molecule has 0 heterocycles. The first-order chi connectivity index (χ1) is 23.9. The first-order valence-electron chi connectivity index (χ1n) is 18.0. The Hall–Kier alpha value is -2.63. The highest BCUT2D eigenvalue weighted by Gasteiger charge is 2.46. The van der Waals surface area contributed by atoms with Gasteiger partial charge in [-0.2, -0.15) is 4.52 Å². The topological polar surface area (TPSA) is 133 Å². The summed E-state index contributed by atoms with van der Waals surface area (Å²) in [6, 6.07) is 15.2. The van der Waals surface area contributed by atoms with Gasteiger partial charge in [-0.3, -0.25) is 9.47 Å². The fourth-order valence-electron chi connectivity index (χ4n) is 5.12. The van der Waals surface area contributed by atoms with Crippen LogP contribution in [0.4, 0.5) is 4.79 Å². The van der Waals surface area contributed by atoms with Crippen LogP contribution in [0.3, 0.4) is 0 Å². The summed E-state index contributed by atoms with van der Waals surface area (Å²) in [7, 11) is -0.750. The predicted molar refractivity (Wildman–Crippen MR) is 198 cm³/mol. The van der Waals surface area contributed by atoms with Crippen LogP contribution in [0.2, 0.25) is 0 Å². The molecule has 0 saturated heterocycles. The van der Waals surface area contributed by atoms with Crippen LogP contribution < -0.4 is 4.74 Å². The monoisotopic (exact) mass is 735 g/mol. The minimum atomic E-state index is -2.22. The lowest BCUT2D eigenvalue weighted by molar-refractivity contribution is -0.478. The highest BCUT2D eigenvalue weighted by atomic mass is 31.1. The fourth-order valence-corrected chi connectivity index (χ4v) is 5.32. The summed E-state index contributed by atoms with van der Waals surface area (Å²) < 4.78 is 46.5. The van der Waals surface area contributed by atoms with Crippen molar-refractivity contribution in [3.8, 4) is 5.75 Å². The molecule has 51 heavy (non-hydrogen) atoms. The lowest BCUT2D eigenvalue weighted by Crippen LogP contribution is -2.51. The molecule has 12 heteroatoms. The van der Waals surface area contributed by atoms with Crippen LogP contribution in [0.25, 0.3) is 0 Å². The molecular weight excluding hydrogens is 673 g/mol. The molecule has 0 aliphatic carbocycles. The highest BCUT2D eigenvalue weighted by Crippen LogP contribution is 2.36. The average molecular weight is 736 g/mol. The number of amides is 1. The molecule has 1 amide bonds. The molecule has 1 atom stereocenters. The molecule has 0 bridgehead atoms. The van der Waals surface area contributed by atoms with Gasteiger partial charge in [0.2, 0.25) is 0 Å². The van der Waals surface area contributed by atoms with Crippen molar-refractivity contribution in [3.63, 3.8) is 0 Å². The van der Waals surface area contributed by atoms with Gasteiger partial charge in [0.25, 0.3) is 0 Å². The lowest BCUT2D eigenvalue weighted by Gasteiger charge is -2.39. The second-order valence-corrected chi connectivity index (χ2v) is 16.0. The molecule has 0 aliphatic rings. The van der Waals surface area contributed by atoms with Crippen molar-refractivity contribution in [1.82, 2.24) is 4.90 Å². The van der Waals surface area contributed by atoms with Crippen LogP contribution in [0.5, 0.6) is 5.75 Å². The van der Waals surface area contributed by atoms with Crippen LogP contribution in [-0.4, -0.2) is 70.5 Å². The zero-order valence-electron chi connectivity index (χ0n) is 32.2. The van der Waals surface area contributed by atoms with Gasteiger partial charge in [-0.25, -0.2) is 9.36 Å². The minimum Gasteiger partial charge on any atom is -0.444 e. The molecule has 0 saturated carbocycles. The maximum absolute atomic E-state index is 13.2. The van der Waals surface area contributed by atoms with E-state index in [9.17, 15) is 19.6 Å². The third-order valence-electron chi connectivity index (χ3n) is 7.24. The summed E-state index contributed by atoms with van der Waals surface area (Å²) in [6.45, 7) is 17.4. The van der Waals surface area contributed by atoms with E-state index in [4.69, 9.17) is 28.2 Å². The van der Waals surface area contributed by atoms with Crippen molar-refractivity contribution >= 4 is 14.8 Å². The average Bonchev–Trinajstić information content (AvgIpc) is 3.01. The predicted octanol–water partition coefficient (Wildman–Crippen LogP) is 8.89. The van der Waals surface area contributed by atoms with Crippen LogP contribution in [-0.2, 0) is 41.1 Å². The zero-order valence-corrected chi connectivity index (χ0v) is 33.1. The van der Waals surface area contributed by atoms with E-state index in [1.54, 1.807) is 74.4 Å². The Kier molecular flexibility index (Phi) is 18.5. The van der Waals surface area contributed by atoms with Crippen LogP contribution >= 0.6 is 8.69 Å². The lowest BCUT2D eigenvalue weighted by atomic mass is 10.0. The van der Waals surface area contributed by atoms with E-state index in [1.165, 1.54) is 16.5 Å². The largest absolute Gasteiger partial charge is 0.472 e. The van der Waals surface area contributed by atoms with Gasteiger partial charge in [-0.1, -0.05) is 49.2 Å². The summed E-state index contributed by atoms with van der Waals surface area (Å²) in [5.74, 6) is 0.130. The second kappa shape index (κ2) is 21.2. The molecule has 0 aromatic heterocycles. The van der Waals surface area contributed by atoms with Crippen molar-refractivity contribution in [2.24, 2.45) is 0 Å². The molecule has 2 rings (SSSR count). The molecule has 288 valence electrons. The Morgan fingerprint density at radius 3 is 1.98 bits per heavy atom.